The quantitative estimate of drug-likeness (QED) is 0.260. The highest BCUT2D eigenvalue weighted by molar-refractivity contribution is 5.90. The molecule has 3 N–H and O–H groups in total. The minimum atomic E-state index is -1.12. The van der Waals surface area contributed by atoms with Gasteiger partial charge < -0.3 is 15.7 Å². The van der Waals surface area contributed by atoms with Gasteiger partial charge in [0.05, 0.1) is 18.4 Å². The largest absolute Gasteiger partial charge is 0.481 e. The molecule has 0 unspecified atom stereocenters. The van der Waals surface area contributed by atoms with Crippen LogP contribution in [0.2, 0.25) is 0 Å². The van der Waals surface area contributed by atoms with Crippen LogP contribution in [0.15, 0.2) is 84.9 Å². The van der Waals surface area contributed by atoms with E-state index in [4.69, 9.17) is 0 Å². The number of aliphatic carboxylic acids is 1. The standard InChI is InChI=1S/C33H37FN2O4/c1-22(24-13-7-5-8-14-24)35-32(40)30(33(2,3)4)36-31(39)26(21-29(37)38)17-11-12-23-18-19-27(28(34)20-23)25-15-9-6-10-16-25/h5-16,18-20,22,26,30H,17,21H2,1-4H3,(H,35,40)(H,36,39)(H,37,38)/t22-,26-,30-/m1/s1. The topological polar surface area (TPSA) is 95.5 Å². The summed E-state index contributed by atoms with van der Waals surface area (Å²) >= 11 is 0. The minimum Gasteiger partial charge on any atom is -0.481 e. The number of carboxylic acids is 1. The molecule has 6 nitrogen and oxygen atoms in total. The summed E-state index contributed by atoms with van der Waals surface area (Å²) in [5, 5.41) is 15.2. The Morgan fingerprint density at radius 3 is 2.10 bits per heavy atom. The summed E-state index contributed by atoms with van der Waals surface area (Å²) in [6, 6.07) is 22.4. The monoisotopic (exact) mass is 544 g/mol. The van der Waals surface area contributed by atoms with E-state index < -0.39 is 35.7 Å². The predicted molar refractivity (Wildman–Crippen MR) is 156 cm³/mol. The van der Waals surface area contributed by atoms with Crippen molar-refractivity contribution >= 4 is 23.9 Å². The van der Waals surface area contributed by atoms with E-state index in [0.29, 0.717) is 11.1 Å². The third kappa shape index (κ3) is 8.63. The number of hydrogen-bond donors (Lipinski definition) is 3. The Morgan fingerprint density at radius 1 is 0.900 bits per heavy atom. The zero-order valence-electron chi connectivity index (χ0n) is 23.4. The first-order valence-corrected chi connectivity index (χ1v) is 13.3. The summed E-state index contributed by atoms with van der Waals surface area (Å²) in [5.74, 6) is -3.29. The first-order valence-electron chi connectivity index (χ1n) is 13.3. The van der Waals surface area contributed by atoms with Gasteiger partial charge in [-0.15, -0.1) is 0 Å². The van der Waals surface area contributed by atoms with Crippen molar-refractivity contribution in [2.24, 2.45) is 11.3 Å². The van der Waals surface area contributed by atoms with Crippen LogP contribution >= 0.6 is 0 Å². The number of nitrogens with one attached hydrogen (secondary N) is 2. The Balaban J connectivity index is 1.70. The van der Waals surface area contributed by atoms with Crippen molar-refractivity contribution in [1.82, 2.24) is 10.6 Å². The number of carboxylic acid groups (broad SMARTS) is 1. The molecule has 0 spiro atoms. The molecular formula is C33H37FN2O4. The van der Waals surface area contributed by atoms with E-state index in [9.17, 15) is 23.9 Å². The second-order valence-corrected chi connectivity index (χ2v) is 11.0. The Labute approximate surface area is 235 Å². The average molecular weight is 545 g/mol. The van der Waals surface area contributed by atoms with E-state index in [1.54, 1.807) is 24.3 Å². The van der Waals surface area contributed by atoms with Crippen LogP contribution in [-0.4, -0.2) is 28.9 Å². The van der Waals surface area contributed by atoms with Gasteiger partial charge in [-0.05, 0) is 41.5 Å². The van der Waals surface area contributed by atoms with Crippen molar-refractivity contribution in [1.29, 1.82) is 0 Å². The third-order valence-electron chi connectivity index (χ3n) is 6.67. The van der Waals surface area contributed by atoms with Crippen molar-refractivity contribution < 1.29 is 23.9 Å². The van der Waals surface area contributed by atoms with Gasteiger partial charge in [0.25, 0.3) is 0 Å². The van der Waals surface area contributed by atoms with Crippen molar-refractivity contribution in [3.8, 4) is 11.1 Å². The molecular weight excluding hydrogens is 507 g/mol. The summed E-state index contributed by atoms with van der Waals surface area (Å²) in [7, 11) is 0. The summed E-state index contributed by atoms with van der Waals surface area (Å²) < 4.78 is 14.7. The molecule has 0 saturated carbocycles. The average Bonchev–Trinajstić information content (AvgIpc) is 2.91. The van der Waals surface area contributed by atoms with E-state index in [-0.39, 0.29) is 24.2 Å². The third-order valence-corrected chi connectivity index (χ3v) is 6.67. The lowest BCUT2D eigenvalue weighted by Crippen LogP contribution is -2.55. The molecule has 7 heteroatoms. The van der Waals surface area contributed by atoms with Gasteiger partial charge in [0.1, 0.15) is 11.9 Å². The van der Waals surface area contributed by atoms with Gasteiger partial charge in [0.2, 0.25) is 11.8 Å². The molecule has 0 aliphatic carbocycles. The van der Waals surface area contributed by atoms with Crippen LogP contribution < -0.4 is 10.6 Å². The number of carbonyl (C=O) groups is 3. The highest BCUT2D eigenvalue weighted by Crippen LogP contribution is 2.25. The maximum Gasteiger partial charge on any atom is 0.304 e. The molecule has 0 aromatic heterocycles. The van der Waals surface area contributed by atoms with Crippen molar-refractivity contribution in [2.45, 2.75) is 52.6 Å². The molecule has 3 aromatic rings. The smallest absolute Gasteiger partial charge is 0.304 e. The first kappa shape index (κ1) is 30.3. The molecule has 3 rings (SSSR count). The fourth-order valence-corrected chi connectivity index (χ4v) is 4.41. The van der Waals surface area contributed by atoms with Crippen LogP contribution in [0.4, 0.5) is 4.39 Å². The van der Waals surface area contributed by atoms with Crippen LogP contribution in [0.3, 0.4) is 0 Å². The molecule has 3 aromatic carbocycles. The van der Waals surface area contributed by atoms with E-state index in [2.05, 4.69) is 10.6 Å². The molecule has 210 valence electrons. The van der Waals surface area contributed by atoms with E-state index in [1.807, 2.05) is 88.4 Å². The zero-order chi connectivity index (χ0) is 29.3. The predicted octanol–water partition coefficient (Wildman–Crippen LogP) is 6.40. The fraction of sp³-hybridized carbons (Fsp3) is 0.303. The van der Waals surface area contributed by atoms with Gasteiger partial charge in [0.15, 0.2) is 0 Å². The highest BCUT2D eigenvalue weighted by Gasteiger charge is 2.35. The van der Waals surface area contributed by atoms with Gasteiger partial charge in [-0.25, -0.2) is 4.39 Å². The minimum absolute atomic E-state index is 0.110. The van der Waals surface area contributed by atoms with Crippen LogP contribution in [0.25, 0.3) is 17.2 Å². The van der Waals surface area contributed by atoms with Crippen LogP contribution in [0.5, 0.6) is 0 Å². The summed E-state index contributed by atoms with van der Waals surface area (Å²) in [5.41, 5.74) is 2.14. The molecule has 40 heavy (non-hydrogen) atoms. The molecule has 0 saturated heterocycles. The number of hydrogen-bond acceptors (Lipinski definition) is 3. The summed E-state index contributed by atoms with van der Waals surface area (Å²) in [6.07, 6.45) is 3.03. The van der Waals surface area contributed by atoms with Crippen molar-refractivity contribution in [2.75, 3.05) is 0 Å². The van der Waals surface area contributed by atoms with E-state index in [1.165, 1.54) is 6.07 Å². The van der Waals surface area contributed by atoms with E-state index in [0.717, 1.165) is 11.1 Å². The summed E-state index contributed by atoms with van der Waals surface area (Å²) in [6.45, 7) is 7.38. The van der Waals surface area contributed by atoms with Gasteiger partial charge >= 0.3 is 5.97 Å². The van der Waals surface area contributed by atoms with Crippen molar-refractivity contribution in [3.05, 3.63) is 102 Å². The Hall–Kier alpha value is -4.26. The van der Waals surface area contributed by atoms with Gasteiger partial charge in [-0.3, -0.25) is 14.4 Å². The lowest BCUT2D eigenvalue weighted by molar-refractivity contribution is -0.141. The molecule has 0 fully saturated rings. The molecule has 0 radical (unpaired) electrons. The number of rotatable bonds is 11. The number of amides is 2. The molecule has 2 amide bonds. The Bertz CT molecular complexity index is 1330. The fourth-order valence-electron chi connectivity index (χ4n) is 4.41. The number of carbonyl (C=O) groups excluding carboxylic acids is 2. The number of halogens is 1. The van der Waals surface area contributed by atoms with Crippen LogP contribution in [0, 0.1) is 17.2 Å². The molecule has 0 heterocycles. The maximum absolute atomic E-state index is 14.7. The number of allylic oxidation sites excluding steroid dienone is 1. The van der Waals surface area contributed by atoms with Crippen molar-refractivity contribution in [3.63, 3.8) is 0 Å². The van der Waals surface area contributed by atoms with E-state index >= 15 is 0 Å². The van der Waals surface area contributed by atoms with Gasteiger partial charge in [0, 0.05) is 5.56 Å². The SMILES string of the molecule is C[C@@H](NC(=O)[C@@H](NC(=O)[C@H](CC=Cc1ccc(-c2ccccc2)c(F)c1)CC(=O)O)C(C)(C)C)c1ccccc1. The molecule has 0 aliphatic heterocycles. The molecule has 0 bridgehead atoms. The van der Waals surface area contributed by atoms with Gasteiger partial charge in [-0.2, -0.15) is 0 Å². The highest BCUT2D eigenvalue weighted by atomic mass is 19.1. The van der Waals surface area contributed by atoms with Gasteiger partial charge in [-0.1, -0.05) is 106 Å². The zero-order valence-corrected chi connectivity index (χ0v) is 23.4. The normalized spacial score (nSPS) is 13.8. The second-order valence-electron chi connectivity index (χ2n) is 11.0. The maximum atomic E-state index is 14.7. The second kappa shape index (κ2) is 13.7. The first-order chi connectivity index (χ1) is 19.0. The molecule has 0 aliphatic rings. The molecule has 3 atom stereocenters. The number of benzene rings is 3. The summed E-state index contributed by atoms with van der Waals surface area (Å²) in [4.78, 5) is 38.0. The van der Waals surface area contributed by atoms with Crippen LogP contribution in [0.1, 0.15) is 57.7 Å². The Morgan fingerprint density at radius 2 is 1.52 bits per heavy atom. The lowest BCUT2D eigenvalue weighted by Gasteiger charge is -2.32. The van der Waals surface area contributed by atoms with Crippen LogP contribution in [-0.2, 0) is 14.4 Å². The lowest BCUT2D eigenvalue weighted by atomic mass is 9.85. The Kier molecular flexibility index (Phi) is 10.4.